The van der Waals surface area contributed by atoms with Crippen molar-refractivity contribution in [3.05, 3.63) is 59.4 Å². The van der Waals surface area contributed by atoms with Crippen LogP contribution in [0.15, 0.2) is 59.4 Å². The maximum Gasteiger partial charge on any atom is 0.0322 e. The van der Waals surface area contributed by atoms with E-state index in [2.05, 4.69) is 70.9 Å². The van der Waals surface area contributed by atoms with E-state index < -0.39 is 0 Å². The number of hydrogen-bond acceptors (Lipinski definition) is 1. The van der Waals surface area contributed by atoms with E-state index in [1.807, 2.05) is 0 Å². The number of allylic oxidation sites excluding steroid dienone is 7. The molecule has 1 nitrogen and oxygen atoms in total. The Morgan fingerprint density at radius 2 is 1.57 bits per heavy atom. The molecule has 0 radical (unpaired) electrons. The van der Waals surface area contributed by atoms with Crippen LogP contribution in [0.25, 0.3) is 0 Å². The van der Waals surface area contributed by atoms with Crippen molar-refractivity contribution >= 4 is 0 Å². The van der Waals surface area contributed by atoms with Gasteiger partial charge in [-0.05, 0) is 70.1 Å². The first-order chi connectivity index (χ1) is 9.86. The van der Waals surface area contributed by atoms with Gasteiger partial charge in [0.2, 0.25) is 0 Å². The van der Waals surface area contributed by atoms with Gasteiger partial charge < -0.3 is 4.90 Å². The van der Waals surface area contributed by atoms with Crippen LogP contribution in [0.1, 0.15) is 47.5 Å². The van der Waals surface area contributed by atoms with Gasteiger partial charge in [0.1, 0.15) is 0 Å². The zero-order valence-corrected chi connectivity index (χ0v) is 14.5. The van der Waals surface area contributed by atoms with Crippen LogP contribution in [0.5, 0.6) is 0 Å². The van der Waals surface area contributed by atoms with Gasteiger partial charge in [0, 0.05) is 18.8 Å². The first kappa shape index (κ1) is 17.6. The lowest BCUT2D eigenvalue weighted by atomic mass is 9.90. The van der Waals surface area contributed by atoms with Gasteiger partial charge in [-0.3, -0.25) is 0 Å². The molecule has 0 spiro atoms. The third-order valence-electron chi connectivity index (χ3n) is 4.50. The molecule has 1 heterocycles. The standard InChI is InChI=1S/C20H31N/c1-8-9-16(4)17(5)14-18(6)19(7)21-12-10-20(11-13-21)15(2)3/h8-9,14,20H,2,7,10-13H2,1,3-6H3/b9-8-,17-16+,18-14+. The van der Waals surface area contributed by atoms with Gasteiger partial charge in [0.25, 0.3) is 0 Å². The minimum atomic E-state index is 0.692. The molecule has 1 saturated heterocycles. The molecule has 1 heteroatoms. The third-order valence-corrected chi connectivity index (χ3v) is 4.50. The van der Waals surface area contributed by atoms with Crippen molar-refractivity contribution in [1.29, 1.82) is 0 Å². The van der Waals surface area contributed by atoms with Crippen LogP contribution in [0.2, 0.25) is 0 Å². The molecule has 0 unspecified atom stereocenters. The average molecular weight is 285 g/mol. The zero-order valence-electron chi connectivity index (χ0n) is 14.5. The highest BCUT2D eigenvalue weighted by Gasteiger charge is 2.20. The molecule has 0 atom stereocenters. The topological polar surface area (TPSA) is 3.24 Å². The van der Waals surface area contributed by atoms with Crippen molar-refractivity contribution in [2.75, 3.05) is 13.1 Å². The summed E-state index contributed by atoms with van der Waals surface area (Å²) in [5.41, 5.74) is 6.38. The van der Waals surface area contributed by atoms with Crippen LogP contribution in [-0.2, 0) is 0 Å². The summed E-state index contributed by atoms with van der Waals surface area (Å²) >= 11 is 0. The summed E-state index contributed by atoms with van der Waals surface area (Å²) in [6, 6.07) is 0. The van der Waals surface area contributed by atoms with Crippen LogP contribution in [0, 0.1) is 5.92 Å². The second-order valence-electron chi connectivity index (χ2n) is 6.25. The van der Waals surface area contributed by atoms with Crippen LogP contribution >= 0.6 is 0 Å². The lowest BCUT2D eigenvalue weighted by Crippen LogP contribution is -2.33. The van der Waals surface area contributed by atoms with Gasteiger partial charge in [0.15, 0.2) is 0 Å². The summed E-state index contributed by atoms with van der Waals surface area (Å²) in [6.07, 6.45) is 8.89. The lowest BCUT2D eigenvalue weighted by Gasteiger charge is -2.35. The van der Waals surface area contributed by atoms with E-state index in [1.165, 1.54) is 40.8 Å². The normalized spacial score (nSPS) is 18.9. The fourth-order valence-corrected chi connectivity index (χ4v) is 2.79. The molecule has 1 aliphatic rings. The molecule has 116 valence electrons. The van der Waals surface area contributed by atoms with Gasteiger partial charge in [-0.15, -0.1) is 0 Å². The predicted octanol–water partition coefficient (Wildman–Crippen LogP) is 5.65. The molecule has 0 aromatic heterocycles. The fourth-order valence-electron chi connectivity index (χ4n) is 2.79. The summed E-state index contributed by atoms with van der Waals surface area (Å²) in [4.78, 5) is 2.42. The highest BCUT2D eigenvalue weighted by atomic mass is 15.1. The average Bonchev–Trinajstić information content (AvgIpc) is 2.46. The third kappa shape index (κ3) is 5.08. The molecule has 0 amide bonds. The summed E-state index contributed by atoms with van der Waals surface area (Å²) in [5, 5.41) is 0. The molecule has 1 rings (SSSR count). The Morgan fingerprint density at radius 3 is 2.05 bits per heavy atom. The van der Waals surface area contributed by atoms with E-state index in [9.17, 15) is 0 Å². The molecule has 1 aliphatic heterocycles. The molecule has 0 aromatic rings. The second-order valence-corrected chi connectivity index (χ2v) is 6.25. The van der Waals surface area contributed by atoms with Crippen molar-refractivity contribution < 1.29 is 0 Å². The van der Waals surface area contributed by atoms with E-state index in [4.69, 9.17) is 0 Å². The first-order valence-electron chi connectivity index (χ1n) is 7.95. The monoisotopic (exact) mass is 285 g/mol. The molecule has 21 heavy (non-hydrogen) atoms. The van der Waals surface area contributed by atoms with E-state index in [1.54, 1.807) is 0 Å². The molecular formula is C20H31N. The molecule has 0 aromatic carbocycles. The van der Waals surface area contributed by atoms with Gasteiger partial charge in [-0.2, -0.15) is 0 Å². The number of piperidine rings is 1. The van der Waals surface area contributed by atoms with Crippen molar-refractivity contribution in [2.24, 2.45) is 5.92 Å². The molecule has 0 aliphatic carbocycles. The van der Waals surface area contributed by atoms with Gasteiger partial charge >= 0.3 is 0 Å². The Morgan fingerprint density at radius 1 is 1.00 bits per heavy atom. The summed E-state index contributed by atoms with van der Waals surface area (Å²) < 4.78 is 0. The lowest BCUT2D eigenvalue weighted by molar-refractivity contribution is 0.250. The van der Waals surface area contributed by atoms with Gasteiger partial charge in [0.05, 0.1) is 0 Å². The Bertz CT molecular complexity index is 480. The Hall–Kier alpha value is -1.50. The van der Waals surface area contributed by atoms with Crippen molar-refractivity contribution in [3.8, 4) is 0 Å². The Labute approximate surface area is 131 Å². The smallest absolute Gasteiger partial charge is 0.0322 e. The molecular weight excluding hydrogens is 254 g/mol. The van der Waals surface area contributed by atoms with E-state index in [0.29, 0.717) is 5.92 Å². The zero-order chi connectivity index (χ0) is 16.0. The number of rotatable bonds is 5. The van der Waals surface area contributed by atoms with Crippen molar-refractivity contribution in [2.45, 2.75) is 47.5 Å². The predicted molar refractivity (Wildman–Crippen MR) is 95.2 cm³/mol. The van der Waals surface area contributed by atoms with Crippen LogP contribution in [-0.4, -0.2) is 18.0 Å². The largest absolute Gasteiger partial charge is 0.372 e. The van der Waals surface area contributed by atoms with Crippen molar-refractivity contribution in [3.63, 3.8) is 0 Å². The minimum Gasteiger partial charge on any atom is -0.372 e. The first-order valence-corrected chi connectivity index (χ1v) is 7.95. The van der Waals surface area contributed by atoms with E-state index >= 15 is 0 Å². The van der Waals surface area contributed by atoms with Crippen molar-refractivity contribution in [1.82, 2.24) is 4.90 Å². The fraction of sp³-hybridized carbons (Fsp3) is 0.500. The van der Waals surface area contributed by atoms with Gasteiger partial charge in [-0.1, -0.05) is 37.0 Å². The number of likely N-dealkylation sites (tertiary alicyclic amines) is 1. The summed E-state index contributed by atoms with van der Waals surface area (Å²) in [7, 11) is 0. The minimum absolute atomic E-state index is 0.692. The highest BCUT2D eigenvalue weighted by Crippen LogP contribution is 2.27. The Balaban J connectivity index is 2.72. The van der Waals surface area contributed by atoms with Crippen LogP contribution < -0.4 is 0 Å². The number of nitrogens with zero attached hydrogens (tertiary/aromatic N) is 1. The van der Waals surface area contributed by atoms with Gasteiger partial charge in [-0.25, -0.2) is 0 Å². The second kappa shape index (κ2) is 8.07. The van der Waals surface area contributed by atoms with Crippen LogP contribution in [0.4, 0.5) is 0 Å². The Kier molecular flexibility index (Phi) is 6.74. The summed E-state index contributed by atoms with van der Waals surface area (Å²) in [5.74, 6) is 0.692. The maximum atomic E-state index is 4.30. The summed E-state index contributed by atoms with van der Waals surface area (Å²) in [6.45, 7) is 21.3. The highest BCUT2D eigenvalue weighted by molar-refractivity contribution is 5.37. The van der Waals surface area contributed by atoms with E-state index in [0.717, 1.165) is 13.1 Å². The molecule has 0 saturated carbocycles. The SMILES string of the molecule is C=C(C)C1CCN(C(=C)/C(C)=C/C(C)=C(C)/C=C\C)CC1. The number of hydrogen-bond donors (Lipinski definition) is 0. The van der Waals surface area contributed by atoms with Crippen LogP contribution in [0.3, 0.4) is 0 Å². The molecule has 0 bridgehead atoms. The molecule has 0 N–H and O–H groups in total. The molecule has 1 fully saturated rings. The quantitative estimate of drug-likeness (QED) is 0.466. The van der Waals surface area contributed by atoms with E-state index in [-0.39, 0.29) is 0 Å². The maximum absolute atomic E-state index is 4.30.